The zero-order chi connectivity index (χ0) is 15.1. The number of rotatable bonds is 8. The minimum absolute atomic E-state index is 1.03. The molecule has 0 unspecified atom stereocenters. The Morgan fingerprint density at radius 1 is 1.10 bits per heavy atom. The van der Waals surface area contributed by atoms with Gasteiger partial charge in [0, 0.05) is 49.0 Å². The summed E-state index contributed by atoms with van der Waals surface area (Å²) in [6.07, 6.45) is 2.48. The van der Waals surface area contributed by atoms with Crippen molar-refractivity contribution in [1.29, 1.82) is 0 Å². The molecule has 0 amide bonds. The molecule has 21 heavy (non-hydrogen) atoms. The van der Waals surface area contributed by atoms with Crippen molar-refractivity contribution in [2.75, 3.05) is 39.3 Å². The third-order valence-corrected chi connectivity index (χ3v) is 5.29. The zero-order valence-electron chi connectivity index (χ0n) is 14.0. The van der Waals surface area contributed by atoms with Gasteiger partial charge in [-0.3, -0.25) is 4.90 Å². The molecule has 4 heteroatoms. The summed E-state index contributed by atoms with van der Waals surface area (Å²) >= 11 is 1.96. The normalized spacial score (nSPS) is 17.5. The predicted octanol–water partition coefficient (Wildman–Crippen LogP) is 3.08. The second-order valence-corrected chi connectivity index (χ2v) is 7.43. The molecule has 1 N–H and O–H groups in total. The van der Waals surface area contributed by atoms with E-state index in [0.717, 1.165) is 19.6 Å². The number of nitrogens with zero attached hydrogens (tertiary/aromatic N) is 2. The van der Waals surface area contributed by atoms with Gasteiger partial charge in [0.05, 0.1) is 0 Å². The molecule has 0 atom stereocenters. The Hall–Kier alpha value is -0.420. The summed E-state index contributed by atoms with van der Waals surface area (Å²) < 4.78 is 0. The van der Waals surface area contributed by atoms with Gasteiger partial charge in [-0.15, -0.1) is 11.3 Å². The van der Waals surface area contributed by atoms with Crippen LogP contribution in [-0.4, -0.2) is 49.1 Å². The highest BCUT2D eigenvalue weighted by atomic mass is 32.1. The Labute approximate surface area is 134 Å². The number of thiophene rings is 1. The minimum atomic E-state index is 1.03. The van der Waals surface area contributed by atoms with E-state index in [2.05, 4.69) is 42.0 Å². The molecule has 0 bridgehead atoms. The highest BCUT2D eigenvalue weighted by Crippen LogP contribution is 2.23. The first-order valence-corrected chi connectivity index (χ1v) is 9.28. The average molecular weight is 310 g/mol. The molecule has 1 aliphatic rings. The van der Waals surface area contributed by atoms with Gasteiger partial charge in [-0.2, -0.15) is 0 Å². The molecule has 0 aliphatic carbocycles. The van der Waals surface area contributed by atoms with E-state index >= 15 is 0 Å². The summed E-state index contributed by atoms with van der Waals surface area (Å²) in [7, 11) is 0. The van der Waals surface area contributed by atoms with Gasteiger partial charge in [0.1, 0.15) is 0 Å². The Morgan fingerprint density at radius 3 is 2.48 bits per heavy atom. The van der Waals surface area contributed by atoms with Crippen molar-refractivity contribution < 1.29 is 0 Å². The Morgan fingerprint density at radius 2 is 1.81 bits per heavy atom. The van der Waals surface area contributed by atoms with Gasteiger partial charge in [0.25, 0.3) is 0 Å². The molecule has 1 saturated heterocycles. The molecule has 0 saturated carbocycles. The highest BCUT2D eigenvalue weighted by Gasteiger charge is 2.17. The van der Waals surface area contributed by atoms with E-state index in [9.17, 15) is 0 Å². The summed E-state index contributed by atoms with van der Waals surface area (Å²) in [5, 5.41) is 3.51. The maximum Gasteiger partial charge on any atom is 0.0299 e. The van der Waals surface area contributed by atoms with Crippen molar-refractivity contribution >= 4 is 11.3 Å². The van der Waals surface area contributed by atoms with Crippen LogP contribution in [-0.2, 0) is 13.1 Å². The third-order valence-electron chi connectivity index (χ3n) is 4.20. The molecule has 120 valence electrons. The fraction of sp³-hybridized carbons (Fsp3) is 0.765. The predicted molar refractivity (Wildman–Crippen MR) is 93.1 cm³/mol. The van der Waals surface area contributed by atoms with Crippen LogP contribution < -0.4 is 5.32 Å². The molecule has 0 radical (unpaired) electrons. The van der Waals surface area contributed by atoms with Gasteiger partial charge in [-0.25, -0.2) is 0 Å². The van der Waals surface area contributed by atoms with E-state index in [1.54, 1.807) is 0 Å². The van der Waals surface area contributed by atoms with Crippen LogP contribution in [0.5, 0.6) is 0 Å². The Balaban J connectivity index is 1.80. The Kier molecular flexibility index (Phi) is 7.17. The molecule has 2 heterocycles. The van der Waals surface area contributed by atoms with Crippen LogP contribution in [0.15, 0.2) is 6.07 Å². The van der Waals surface area contributed by atoms with Crippen molar-refractivity contribution in [2.45, 2.75) is 46.7 Å². The zero-order valence-corrected chi connectivity index (χ0v) is 14.8. The first-order valence-electron chi connectivity index (χ1n) is 8.46. The maximum atomic E-state index is 3.51. The second kappa shape index (κ2) is 8.89. The topological polar surface area (TPSA) is 18.5 Å². The first kappa shape index (κ1) is 16.9. The van der Waals surface area contributed by atoms with E-state index in [1.165, 1.54) is 60.9 Å². The van der Waals surface area contributed by atoms with Gasteiger partial charge in [-0.1, -0.05) is 13.8 Å². The monoisotopic (exact) mass is 309 g/mol. The molecule has 1 aliphatic heterocycles. The molecule has 0 spiro atoms. The summed E-state index contributed by atoms with van der Waals surface area (Å²) in [4.78, 5) is 8.20. The van der Waals surface area contributed by atoms with Gasteiger partial charge >= 0.3 is 0 Å². The lowest BCUT2D eigenvalue weighted by molar-refractivity contribution is 0.127. The van der Waals surface area contributed by atoms with Crippen LogP contribution in [0.25, 0.3) is 0 Å². The van der Waals surface area contributed by atoms with Crippen molar-refractivity contribution in [2.24, 2.45) is 0 Å². The highest BCUT2D eigenvalue weighted by molar-refractivity contribution is 7.12. The number of hydrogen-bond acceptors (Lipinski definition) is 4. The van der Waals surface area contributed by atoms with E-state index in [1.807, 2.05) is 11.3 Å². The maximum absolute atomic E-state index is 3.51. The van der Waals surface area contributed by atoms with Gasteiger partial charge in [0.2, 0.25) is 0 Å². The fourth-order valence-electron chi connectivity index (χ4n) is 2.95. The number of hydrogen-bond donors (Lipinski definition) is 1. The molecule has 1 aromatic heterocycles. The van der Waals surface area contributed by atoms with E-state index in [-0.39, 0.29) is 0 Å². The Bertz CT molecular complexity index is 408. The summed E-state index contributed by atoms with van der Waals surface area (Å²) in [6, 6.07) is 2.42. The van der Waals surface area contributed by atoms with Crippen molar-refractivity contribution in [1.82, 2.24) is 15.1 Å². The molecule has 0 aromatic carbocycles. The summed E-state index contributed by atoms with van der Waals surface area (Å²) in [5.74, 6) is 0. The quantitative estimate of drug-likeness (QED) is 0.745. The first-order chi connectivity index (χ1) is 10.2. The minimum Gasteiger partial charge on any atom is -0.312 e. The van der Waals surface area contributed by atoms with E-state index in [4.69, 9.17) is 0 Å². The average Bonchev–Trinajstić information content (AvgIpc) is 2.82. The van der Waals surface area contributed by atoms with Crippen LogP contribution in [0.2, 0.25) is 0 Å². The molecule has 3 nitrogen and oxygen atoms in total. The lowest BCUT2D eigenvalue weighted by Gasteiger charge is -2.34. The second-order valence-electron chi connectivity index (χ2n) is 6.09. The van der Waals surface area contributed by atoms with Gasteiger partial charge < -0.3 is 10.2 Å². The number of aryl methyl sites for hydroxylation is 1. The lowest BCUT2D eigenvalue weighted by Crippen LogP contribution is -2.45. The van der Waals surface area contributed by atoms with Crippen molar-refractivity contribution in [3.05, 3.63) is 21.4 Å². The molecule has 1 fully saturated rings. The molecular formula is C17H31N3S. The SMILES string of the molecule is CCCNCc1cc(CN2CCN(CCC)CC2)c(C)s1. The van der Waals surface area contributed by atoms with E-state index < -0.39 is 0 Å². The molecular weight excluding hydrogens is 278 g/mol. The molecule has 2 rings (SSSR count). The van der Waals surface area contributed by atoms with Crippen molar-refractivity contribution in [3.63, 3.8) is 0 Å². The number of nitrogens with one attached hydrogen (secondary N) is 1. The summed E-state index contributed by atoms with van der Waals surface area (Å²) in [5.41, 5.74) is 1.54. The van der Waals surface area contributed by atoms with Crippen LogP contribution >= 0.6 is 11.3 Å². The molecule has 1 aromatic rings. The van der Waals surface area contributed by atoms with Crippen molar-refractivity contribution in [3.8, 4) is 0 Å². The van der Waals surface area contributed by atoms with Crippen LogP contribution in [0.3, 0.4) is 0 Å². The summed E-state index contributed by atoms with van der Waals surface area (Å²) in [6.45, 7) is 16.2. The smallest absolute Gasteiger partial charge is 0.0299 e. The van der Waals surface area contributed by atoms with Gasteiger partial charge in [0.15, 0.2) is 0 Å². The standard InChI is InChI=1S/C17H31N3S/c1-4-6-18-13-17-12-16(15(3)21-17)14-20-10-8-19(7-5-2)9-11-20/h12,18H,4-11,13-14H2,1-3H3. The lowest BCUT2D eigenvalue weighted by atomic mass is 10.2. The fourth-order valence-corrected chi connectivity index (χ4v) is 3.97. The van der Waals surface area contributed by atoms with Crippen LogP contribution in [0.1, 0.15) is 42.0 Å². The van der Waals surface area contributed by atoms with E-state index in [0.29, 0.717) is 0 Å². The van der Waals surface area contributed by atoms with Crippen LogP contribution in [0, 0.1) is 6.92 Å². The third kappa shape index (κ3) is 5.37. The van der Waals surface area contributed by atoms with Crippen LogP contribution in [0.4, 0.5) is 0 Å². The number of piperazine rings is 1. The van der Waals surface area contributed by atoms with Gasteiger partial charge in [-0.05, 0) is 44.5 Å². The largest absolute Gasteiger partial charge is 0.312 e.